The van der Waals surface area contributed by atoms with Gasteiger partial charge in [0.15, 0.2) is 0 Å². The molecule has 1 saturated heterocycles. The van der Waals surface area contributed by atoms with Crippen LogP contribution in [0.3, 0.4) is 0 Å². The molecule has 0 radical (unpaired) electrons. The summed E-state index contributed by atoms with van der Waals surface area (Å²) in [5.41, 5.74) is 2.80. The maximum atomic E-state index is 13.3. The van der Waals surface area contributed by atoms with E-state index in [2.05, 4.69) is 29.6 Å². The maximum Gasteiger partial charge on any atom is 0.263 e. The van der Waals surface area contributed by atoms with Gasteiger partial charge in [-0.05, 0) is 55.5 Å². The van der Waals surface area contributed by atoms with Gasteiger partial charge in [0.1, 0.15) is 0 Å². The first kappa shape index (κ1) is 21.3. The van der Waals surface area contributed by atoms with E-state index in [1.165, 1.54) is 11.3 Å². The van der Waals surface area contributed by atoms with E-state index in [0.29, 0.717) is 32.5 Å². The molecule has 2 aromatic carbocycles. The number of amides is 2. The maximum absolute atomic E-state index is 13.3. The first-order chi connectivity index (χ1) is 15.0. The molecule has 3 aromatic rings. The molecule has 1 aliphatic heterocycles. The van der Waals surface area contributed by atoms with Crippen LogP contribution in [0.25, 0.3) is 11.1 Å². The smallest absolute Gasteiger partial charge is 0.263 e. The van der Waals surface area contributed by atoms with Crippen LogP contribution in [-0.4, -0.2) is 36.3 Å². The van der Waals surface area contributed by atoms with Crippen LogP contribution in [0.2, 0.25) is 0 Å². The van der Waals surface area contributed by atoms with Crippen molar-refractivity contribution in [3.8, 4) is 11.1 Å². The number of nitrogens with one attached hydrogen (secondary N) is 1. The van der Waals surface area contributed by atoms with Crippen LogP contribution in [0.1, 0.15) is 33.5 Å². The second kappa shape index (κ2) is 9.06. The lowest BCUT2D eigenvalue weighted by Gasteiger charge is -2.29. The SMILES string of the molecule is CCNC(=O)[C@@]1(Cc2ccccc2-c2ccccc2)CCN(C(=O)c2ccc(C)s2)C1. The monoisotopic (exact) mass is 432 g/mol. The highest BCUT2D eigenvalue weighted by molar-refractivity contribution is 7.13. The summed E-state index contributed by atoms with van der Waals surface area (Å²) >= 11 is 1.51. The molecule has 0 bridgehead atoms. The number of thiophene rings is 1. The van der Waals surface area contributed by atoms with E-state index in [1.807, 2.05) is 61.2 Å². The number of carbonyl (C=O) groups is 2. The number of hydrogen-bond acceptors (Lipinski definition) is 3. The Morgan fingerprint density at radius 2 is 1.77 bits per heavy atom. The van der Waals surface area contributed by atoms with E-state index in [-0.39, 0.29) is 11.8 Å². The van der Waals surface area contributed by atoms with Crippen LogP contribution in [-0.2, 0) is 11.2 Å². The Morgan fingerprint density at radius 1 is 1.03 bits per heavy atom. The summed E-state index contributed by atoms with van der Waals surface area (Å²) in [7, 11) is 0. The molecule has 1 fully saturated rings. The van der Waals surface area contributed by atoms with Crippen molar-refractivity contribution >= 4 is 23.2 Å². The van der Waals surface area contributed by atoms with E-state index in [0.717, 1.165) is 26.4 Å². The van der Waals surface area contributed by atoms with Gasteiger partial charge in [-0.2, -0.15) is 0 Å². The van der Waals surface area contributed by atoms with Gasteiger partial charge in [0.25, 0.3) is 5.91 Å². The first-order valence-electron chi connectivity index (χ1n) is 10.8. The molecule has 4 nitrogen and oxygen atoms in total. The molecular weight excluding hydrogens is 404 g/mol. The topological polar surface area (TPSA) is 49.4 Å². The Bertz CT molecular complexity index is 1080. The lowest BCUT2D eigenvalue weighted by molar-refractivity contribution is -0.130. The third kappa shape index (κ3) is 4.42. The van der Waals surface area contributed by atoms with E-state index < -0.39 is 5.41 Å². The third-order valence-electron chi connectivity index (χ3n) is 6.04. The quantitative estimate of drug-likeness (QED) is 0.600. The molecule has 0 aliphatic carbocycles. The van der Waals surface area contributed by atoms with Gasteiger partial charge < -0.3 is 10.2 Å². The summed E-state index contributed by atoms with van der Waals surface area (Å²) in [4.78, 5) is 30.1. The van der Waals surface area contributed by atoms with Gasteiger partial charge in [0.05, 0.1) is 10.3 Å². The number of benzene rings is 2. The largest absolute Gasteiger partial charge is 0.356 e. The predicted molar refractivity (Wildman–Crippen MR) is 126 cm³/mol. The summed E-state index contributed by atoms with van der Waals surface area (Å²) in [5, 5.41) is 3.04. The normalized spacial score (nSPS) is 18.2. The minimum absolute atomic E-state index is 0.0283. The molecule has 2 amide bonds. The Kier molecular flexibility index (Phi) is 6.23. The van der Waals surface area contributed by atoms with Gasteiger partial charge in [-0.1, -0.05) is 54.6 Å². The van der Waals surface area contributed by atoms with E-state index in [4.69, 9.17) is 0 Å². The highest BCUT2D eigenvalue weighted by atomic mass is 32.1. The van der Waals surface area contributed by atoms with Crippen LogP contribution < -0.4 is 5.32 Å². The van der Waals surface area contributed by atoms with Crippen LogP contribution in [0.4, 0.5) is 0 Å². The van der Waals surface area contributed by atoms with E-state index >= 15 is 0 Å². The Balaban J connectivity index is 1.65. The fourth-order valence-corrected chi connectivity index (χ4v) is 5.28. The second-order valence-corrected chi connectivity index (χ2v) is 9.51. The molecule has 2 heterocycles. The summed E-state index contributed by atoms with van der Waals surface area (Å²) in [6, 6.07) is 22.4. The number of hydrogen-bond donors (Lipinski definition) is 1. The Hall–Kier alpha value is -2.92. The minimum atomic E-state index is -0.622. The minimum Gasteiger partial charge on any atom is -0.356 e. The molecule has 1 atom stereocenters. The highest BCUT2D eigenvalue weighted by Crippen LogP contribution is 2.38. The molecule has 160 valence electrons. The van der Waals surface area contributed by atoms with Gasteiger partial charge in [0, 0.05) is 24.5 Å². The Labute approximate surface area is 187 Å². The summed E-state index contributed by atoms with van der Waals surface area (Å²) in [6.07, 6.45) is 1.27. The average molecular weight is 433 g/mol. The summed E-state index contributed by atoms with van der Waals surface area (Å²) < 4.78 is 0. The van der Waals surface area contributed by atoms with Gasteiger partial charge in [0.2, 0.25) is 5.91 Å². The molecule has 0 saturated carbocycles. The molecule has 0 unspecified atom stereocenters. The first-order valence-corrected chi connectivity index (χ1v) is 11.6. The van der Waals surface area contributed by atoms with Crippen LogP contribution in [0.5, 0.6) is 0 Å². The molecule has 31 heavy (non-hydrogen) atoms. The molecule has 5 heteroatoms. The van der Waals surface area contributed by atoms with Crippen molar-refractivity contribution in [2.45, 2.75) is 26.7 Å². The van der Waals surface area contributed by atoms with Gasteiger partial charge in [-0.15, -0.1) is 11.3 Å². The average Bonchev–Trinajstić information content (AvgIpc) is 3.42. The van der Waals surface area contributed by atoms with Crippen molar-refractivity contribution in [3.63, 3.8) is 0 Å². The van der Waals surface area contributed by atoms with Crippen molar-refractivity contribution in [2.75, 3.05) is 19.6 Å². The lowest BCUT2D eigenvalue weighted by atomic mass is 9.78. The number of likely N-dealkylation sites (tertiary alicyclic amines) is 1. The van der Waals surface area contributed by atoms with Gasteiger partial charge in [-0.25, -0.2) is 0 Å². The zero-order valence-corrected chi connectivity index (χ0v) is 18.9. The zero-order valence-electron chi connectivity index (χ0n) is 18.1. The standard InChI is InChI=1S/C26H28N2O2S/c1-3-27-25(30)26(15-16-28(18-26)24(29)23-14-13-19(2)31-23)17-21-11-7-8-12-22(21)20-9-5-4-6-10-20/h4-14H,3,15-18H2,1-2H3,(H,27,30)/t26-/m1/s1. The van der Waals surface area contributed by atoms with Gasteiger partial charge in [-0.3, -0.25) is 9.59 Å². The zero-order chi connectivity index (χ0) is 21.8. The van der Waals surface area contributed by atoms with E-state index in [1.54, 1.807) is 0 Å². The molecule has 1 aliphatic rings. The van der Waals surface area contributed by atoms with Crippen molar-refractivity contribution in [1.82, 2.24) is 10.2 Å². The second-order valence-electron chi connectivity index (χ2n) is 8.23. The number of carbonyl (C=O) groups excluding carboxylic acids is 2. The van der Waals surface area contributed by atoms with Crippen LogP contribution >= 0.6 is 11.3 Å². The molecule has 0 spiro atoms. The molecule has 4 rings (SSSR count). The number of rotatable bonds is 6. The van der Waals surface area contributed by atoms with Crippen molar-refractivity contribution in [1.29, 1.82) is 0 Å². The summed E-state index contributed by atoms with van der Waals surface area (Å²) in [5.74, 6) is 0.0659. The fourth-order valence-electron chi connectivity index (χ4n) is 4.45. The molecule has 1 aromatic heterocycles. The lowest BCUT2D eigenvalue weighted by Crippen LogP contribution is -2.45. The van der Waals surface area contributed by atoms with Crippen LogP contribution in [0.15, 0.2) is 66.7 Å². The van der Waals surface area contributed by atoms with Crippen molar-refractivity contribution in [3.05, 3.63) is 82.0 Å². The van der Waals surface area contributed by atoms with Crippen LogP contribution in [0, 0.1) is 12.3 Å². The fraction of sp³-hybridized carbons (Fsp3) is 0.308. The number of nitrogens with zero attached hydrogens (tertiary/aromatic N) is 1. The Morgan fingerprint density at radius 3 is 2.48 bits per heavy atom. The van der Waals surface area contributed by atoms with E-state index in [9.17, 15) is 9.59 Å². The molecular formula is C26H28N2O2S. The predicted octanol–water partition coefficient (Wildman–Crippen LogP) is 4.93. The summed E-state index contributed by atoms with van der Waals surface area (Å²) in [6.45, 7) is 5.57. The van der Waals surface area contributed by atoms with Gasteiger partial charge >= 0.3 is 0 Å². The van der Waals surface area contributed by atoms with Crippen molar-refractivity contribution in [2.24, 2.45) is 5.41 Å². The van der Waals surface area contributed by atoms with Crippen molar-refractivity contribution < 1.29 is 9.59 Å². The highest BCUT2D eigenvalue weighted by Gasteiger charge is 2.46. The number of aryl methyl sites for hydroxylation is 1. The third-order valence-corrected chi connectivity index (χ3v) is 7.03. The molecule has 1 N–H and O–H groups in total.